The fourth-order valence-electron chi connectivity index (χ4n) is 1.33. The van der Waals surface area contributed by atoms with Gasteiger partial charge in [0.15, 0.2) is 5.78 Å². The Labute approximate surface area is 117 Å². The van der Waals surface area contributed by atoms with Gasteiger partial charge in [0.1, 0.15) is 0 Å². The van der Waals surface area contributed by atoms with Crippen LogP contribution in [0.25, 0.3) is 0 Å². The van der Waals surface area contributed by atoms with E-state index in [2.05, 4.69) is 9.46 Å². The van der Waals surface area contributed by atoms with E-state index in [0.717, 1.165) is 0 Å². The van der Waals surface area contributed by atoms with Crippen LogP contribution >= 0.6 is 0 Å². The Kier molecular flexibility index (Phi) is 5.09. The molecular weight excluding hydrogens is 284 g/mol. The van der Waals surface area contributed by atoms with Crippen LogP contribution in [0.4, 0.5) is 10.5 Å². The summed E-state index contributed by atoms with van der Waals surface area (Å²) in [5.41, 5.74) is 0.525. The maximum absolute atomic E-state index is 11.7. The van der Waals surface area contributed by atoms with Crippen LogP contribution in [-0.4, -0.2) is 26.4 Å². The number of nitrogens with one attached hydrogen (secondary N) is 2. The van der Waals surface area contributed by atoms with E-state index in [0.29, 0.717) is 5.56 Å². The van der Waals surface area contributed by atoms with Gasteiger partial charge in [-0.15, -0.1) is 0 Å². The molecule has 0 spiro atoms. The van der Waals surface area contributed by atoms with Gasteiger partial charge in [0.2, 0.25) is 0 Å². The Morgan fingerprint density at radius 1 is 1.25 bits per heavy atom. The van der Waals surface area contributed by atoms with Crippen LogP contribution in [-0.2, 0) is 14.9 Å². The van der Waals surface area contributed by atoms with E-state index >= 15 is 0 Å². The Hall–Kier alpha value is -2.09. The highest BCUT2D eigenvalue weighted by molar-refractivity contribution is 7.91. The molecule has 8 heteroatoms. The summed E-state index contributed by atoms with van der Waals surface area (Å²) in [7, 11) is -4.11. The molecule has 0 aliphatic rings. The van der Waals surface area contributed by atoms with E-state index < -0.39 is 22.4 Å². The minimum absolute atomic E-state index is 0.169. The number of carbonyl (C=O) groups is 2. The van der Waals surface area contributed by atoms with Crippen molar-refractivity contribution in [2.75, 3.05) is 4.72 Å². The number of hydrogen-bond donors (Lipinski definition) is 2. The number of ether oxygens (including phenoxy) is 1. The number of amides is 1. The number of ketones is 1. The molecule has 1 aromatic carbocycles. The van der Waals surface area contributed by atoms with Crippen molar-refractivity contribution < 1.29 is 22.7 Å². The van der Waals surface area contributed by atoms with Crippen molar-refractivity contribution in [3.63, 3.8) is 0 Å². The lowest BCUT2D eigenvalue weighted by Gasteiger charge is -2.11. The van der Waals surface area contributed by atoms with E-state index in [-0.39, 0.29) is 11.5 Å². The summed E-state index contributed by atoms with van der Waals surface area (Å²) in [6.45, 7) is 4.55. The van der Waals surface area contributed by atoms with Gasteiger partial charge < -0.3 is 4.74 Å². The molecule has 0 aliphatic carbocycles. The molecule has 1 rings (SSSR count). The van der Waals surface area contributed by atoms with Crippen LogP contribution < -0.4 is 9.44 Å². The summed E-state index contributed by atoms with van der Waals surface area (Å²) in [4.78, 5) is 22.4. The first-order valence-electron chi connectivity index (χ1n) is 5.82. The predicted octanol–water partition coefficient (Wildman–Crippen LogP) is 1.68. The average molecular weight is 300 g/mol. The highest BCUT2D eigenvalue weighted by Gasteiger charge is 2.16. The summed E-state index contributed by atoms with van der Waals surface area (Å²) in [5, 5.41) is 0. The molecule has 2 N–H and O–H groups in total. The summed E-state index contributed by atoms with van der Waals surface area (Å²) in [5.74, 6) is -0.196. The molecule has 0 unspecified atom stereocenters. The lowest BCUT2D eigenvalue weighted by Crippen LogP contribution is -2.36. The molecule has 0 aliphatic heterocycles. The molecule has 1 aromatic rings. The fourth-order valence-corrected chi connectivity index (χ4v) is 2.09. The molecule has 0 fully saturated rings. The van der Waals surface area contributed by atoms with Crippen molar-refractivity contribution in [3.05, 3.63) is 29.8 Å². The van der Waals surface area contributed by atoms with Gasteiger partial charge in [0.25, 0.3) is 0 Å². The number of carbonyl (C=O) groups excluding carboxylic acids is 2. The lowest BCUT2D eigenvalue weighted by molar-refractivity contribution is 0.101. The highest BCUT2D eigenvalue weighted by Crippen LogP contribution is 2.12. The Balaban J connectivity index is 2.78. The fraction of sp³-hybridized carbons (Fsp3) is 0.333. The third-order valence-electron chi connectivity index (χ3n) is 2.08. The number of Topliss-reactive ketones (excluding diaryl/α,β-unsaturated/α-hetero) is 1. The Morgan fingerprint density at radius 3 is 2.45 bits per heavy atom. The lowest BCUT2D eigenvalue weighted by atomic mass is 10.1. The van der Waals surface area contributed by atoms with E-state index in [1.807, 2.05) is 0 Å². The smallest absolute Gasteiger partial charge is 0.422 e. The van der Waals surface area contributed by atoms with Crippen molar-refractivity contribution in [1.82, 2.24) is 4.72 Å². The molecule has 0 aromatic heterocycles. The first kappa shape index (κ1) is 16.0. The molecule has 110 valence electrons. The molecular formula is C12H16N2O5S. The van der Waals surface area contributed by atoms with Crippen LogP contribution in [0.5, 0.6) is 0 Å². The summed E-state index contributed by atoms with van der Waals surface area (Å²) in [6.07, 6.45) is -1.51. The van der Waals surface area contributed by atoms with Gasteiger partial charge >= 0.3 is 16.3 Å². The van der Waals surface area contributed by atoms with Crippen LogP contribution in [0, 0.1) is 0 Å². The second-order valence-electron chi connectivity index (χ2n) is 4.30. The largest absolute Gasteiger partial charge is 0.446 e. The third kappa shape index (κ3) is 5.27. The first-order valence-corrected chi connectivity index (χ1v) is 7.30. The van der Waals surface area contributed by atoms with Gasteiger partial charge in [-0.05, 0) is 32.9 Å². The molecule has 20 heavy (non-hydrogen) atoms. The van der Waals surface area contributed by atoms with Crippen LogP contribution in [0.3, 0.4) is 0 Å². The summed E-state index contributed by atoms with van der Waals surface area (Å²) >= 11 is 0. The quantitative estimate of drug-likeness (QED) is 0.806. The molecule has 7 nitrogen and oxygen atoms in total. The van der Waals surface area contributed by atoms with Crippen molar-refractivity contribution >= 4 is 27.8 Å². The second kappa shape index (κ2) is 6.38. The van der Waals surface area contributed by atoms with Crippen molar-refractivity contribution in [2.24, 2.45) is 0 Å². The van der Waals surface area contributed by atoms with E-state index in [4.69, 9.17) is 0 Å². The normalized spacial score (nSPS) is 11.0. The molecule has 0 heterocycles. The van der Waals surface area contributed by atoms with Gasteiger partial charge in [-0.25, -0.2) is 9.52 Å². The monoisotopic (exact) mass is 300 g/mol. The molecule has 0 atom stereocenters. The number of benzene rings is 1. The van der Waals surface area contributed by atoms with Crippen LogP contribution in [0.2, 0.25) is 0 Å². The summed E-state index contributed by atoms with van der Waals surface area (Å²) in [6, 6.07) is 5.91. The predicted molar refractivity (Wildman–Crippen MR) is 73.7 cm³/mol. The minimum atomic E-state index is -4.11. The number of rotatable bonds is 5. The zero-order valence-corrected chi connectivity index (χ0v) is 12.2. The third-order valence-corrected chi connectivity index (χ3v) is 3.02. The van der Waals surface area contributed by atoms with Gasteiger partial charge in [0.05, 0.1) is 11.8 Å². The van der Waals surface area contributed by atoms with Gasteiger partial charge in [-0.1, -0.05) is 12.1 Å². The molecule has 0 radical (unpaired) electrons. The van der Waals surface area contributed by atoms with Gasteiger partial charge in [0, 0.05) is 5.56 Å². The second-order valence-corrected chi connectivity index (χ2v) is 5.71. The van der Waals surface area contributed by atoms with Gasteiger partial charge in [-0.3, -0.25) is 9.52 Å². The summed E-state index contributed by atoms with van der Waals surface area (Å²) < 4.78 is 31.8. The van der Waals surface area contributed by atoms with E-state index in [1.54, 1.807) is 24.6 Å². The zero-order valence-electron chi connectivity index (χ0n) is 11.3. The Bertz CT molecular complexity index is 610. The average Bonchev–Trinajstić information content (AvgIpc) is 2.26. The van der Waals surface area contributed by atoms with Crippen molar-refractivity contribution in [1.29, 1.82) is 0 Å². The van der Waals surface area contributed by atoms with Crippen LogP contribution in [0.15, 0.2) is 24.3 Å². The Morgan fingerprint density at radius 2 is 1.90 bits per heavy atom. The SMILES string of the molecule is CC(=O)c1cccc(NS(=O)(=O)NC(=O)OC(C)C)c1. The van der Waals surface area contributed by atoms with Crippen molar-refractivity contribution in [2.45, 2.75) is 26.9 Å². The van der Waals surface area contributed by atoms with E-state index in [1.165, 1.54) is 25.1 Å². The highest BCUT2D eigenvalue weighted by atomic mass is 32.2. The molecule has 1 amide bonds. The minimum Gasteiger partial charge on any atom is -0.446 e. The van der Waals surface area contributed by atoms with E-state index in [9.17, 15) is 18.0 Å². The van der Waals surface area contributed by atoms with Gasteiger partial charge in [-0.2, -0.15) is 8.42 Å². The van der Waals surface area contributed by atoms with Crippen LogP contribution in [0.1, 0.15) is 31.1 Å². The molecule has 0 saturated carbocycles. The maximum atomic E-state index is 11.7. The number of hydrogen-bond acceptors (Lipinski definition) is 5. The van der Waals surface area contributed by atoms with Crippen molar-refractivity contribution in [3.8, 4) is 0 Å². The maximum Gasteiger partial charge on any atom is 0.422 e. The topological polar surface area (TPSA) is 102 Å². The first-order chi connectivity index (χ1) is 9.19. The zero-order chi connectivity index (χ0) is 15.3. The number of anilines is 1. The molecule has 0 saturated heterocycles. The standard InChI is InChI=1S/C12H16N2O5S/c1-8(2)19-12(16)14-20(17,18)13-11-6-4-5-10(7-11)9(3)15/h4-8,13H,1-3H3,(H,14,16). The molecule has 0 bridgehead atoms.